The molecule has 30 heavy (non-hydrogen) atoms. The van der Waals surface area contributed by atoms with E-state index in [4.69, 9.17) is 16.0 Å². The number of nitrogens with one attached hydrogen (secondary N) is 1. The van der Waals surface area contributed by atoms with Gasteiger partial charge in [-0.3, -0.25) is 9.69 Å². The van der Waals surface area contributed by atoms with E-state index < -0.39 is 0 Å². The Labute approximate surface area is 181 Å². The molecule has 0 aliphatic carbocycles. The van der Waals surface area contributed by atoms with Gasteiger partial charge in [0.15, 0.2) is 0 Å². The van der Waals surface area contributed by atoms with Gasteiger partial charge in [0.1, 0.15) is 10.9 Å². The van der Waals surface area contributed by atoms with E-state index in [-0.39, 0.29) is 11.9 Å². The molecule has 1 aliphatic rings. The Hall–Kier alpha value is -2.57. The van der Waals surface area contributed by atoms with Gasteiger partial charge in [0.05, 0.1) is 24.1 Å². The Bertz CT molecular complexity index is 1000. The maximum Gasteiger partial charge on any atom is 0.255 e. The molecule has 1 saturated heterocycles. The van der Waals surface area contributed by atoms with E-state index in [1.165, 1.54) is 5.56 Å². The van der Waals surface area contributed by atoms with Crippen LogP contribution in [0.5, 0.6) is 0 Å². The average molecular weight is 427 g/mol. The van der Waals surface area contributed by atoms with E-state index in [1.807, 2.05) is 36.7 Å². The first-order valence-corrected chi connectivity index (χ1v) is 10.7. The fourth-order valence-corrected chi connectivity index (χ4v) is 4.27. The number of halogens is 1. The van der Waals surface area contributed by atoms with Crippen LogP contribution in [0.15, 0.2) is 47.1 Å². The topological polar surface area (TPSA) is 63.3 Å². The number of aryl methyl sites for hydroxylation is 2. The van der Waals surface area contributed by atoms with E-state index in [1.54, 1.807) is 12.3 Å². The lowest BCUT2D eigenvalue weighted by atomic mass is 10.0. The number of hydrogen-bond donors (Lipinski definition) is 1. The van der Waals surface area contributed by atoms with Gasteiger partial charge in [-0.05, 0) is 38.3 Å². The molecule has 4 rings (SSSR count). The molecule has 0 spiro atoms. The highest BCUT2D eigenvalue weighted by molar-refractivity contribution is 6.30. The molecule has 1 fully saturated rings. The second-order valence-electron chi connectivity index (χ2n) is 7.91. The monoisotopic (exact) mass is 426 g/mol. The third-order valence-corrected chi connectivity index (χ3v) is 6.19. The lowest BCUT2D eigenvalue weighted by molar-refractivity contribution is 0.0907. The van der Waals surface area contributed by atoms with Crippen LogP contribution >= 0.6 is 11.6 Å². The maximum atomic E-state index is 12.4. The summed E-state index contributed by atoms with van der Waals surface area (Å²) in [6, 6.07) is 12.1. The van der Waals surface area contributed by atoms with E-state index in [0.717, 1.165) is 43.7 Å². The van der Waals surface area contributed by atoms with Crippen LogP contribution in [-0.2, 0) is 13.1 Å². The number of carbonyl (C=O) groups excluding carboxylic acids is 1. The summed E-state index contributed by atoms with van der Waals surface area (Å²) in [5, 5.41) is 8.50. The van der Waals surface area contributed by atoms with Gasteiger partial charge in [0.25, 0.3) is 5.91 Å². The largest absolute Gasteiger partial charge is 0.469 e. The minimum absolute atomic E-state index is 0.0548. The predicted octanol–water partition coefficient (Wildman–Crippen LogP) is 4.19. The molecule has 0 unspecified atom stereocenters. The van der Waals surface area contributed by atoms with Crippen LogP contribution in [0.1, 0.15) is 45.8 Å². The fourth-order valence-electron chi connectivity index (χ4n) is 3.97. The molecular formula is C23H27ClN4O2. The SMILES string of the molecule is Cc1nn(Cc2ccccc2)c(Cl)c1CN1CCC(NC(=O)c2ccoc2C)CC1. The van der Waals surface area contributed by atoms with Crippen LogP contribution < -0.4 is 5.32 Å². The van der Waals surface area contributed by atoms with E-state index >= 15 is 0 Å². The normalized spacial score (nSPS) is 15.4. The highest BCUT2D eigenvalue weighted by Crippen LogP contribution is 2.24. The molecule has 1 amide bonds. The molecule has 158 valence electrons. The molecule has 6 nitrogen and oxygen atoms in total. The van der Waals surface area contributed by atoms with Crippen LogP contribution in [0.2, 0.25) is 5.15 Å². The number of aromatic nitrogens is 2. The Morgan fingerprint density at radius 2 is 1.90 bits per heavy atom. The summed E-state index contributed by atoms with van der Waals surface area (Å²) in [5.74, 6) is 0.600. The summed E-state index contributed by atoms with van der Waals surface area (Å²) < 4.78 is 7.11. The minimum atomic E-state index is -0.0548. The number of benzene rings is 1. The standard InChI is InChI=1S/C23H27ClN4O2/c1-16-21(22(24)28(26-16)14-18-6-4-3-5-7-18)15-27-11-8-19(9-12-27)25-23(29)20-10-13-30-17(20)2/h3-7,10,13,19H,8-9,11-12,14-15H2,1-2H3,(H,25,29). The third kappa shape index (κ3) is 4.60. The van der Waals surface area contributed by atoms with Crippen LogP contribution in [0.25, 0.3) is 0 Å². The lowest BCUT2D eigenvalue weighted by Gasteiger charge is -2.32. The van der Waals surface area contributed by atoms with Crippen LogP contribution in [0.4, 0.5) is 0 Å². The third-order valence-electron chi connectivity index (χ3n) is 5.77. The van der Waals surface area contributed by atoms with E-state index in [0.29, 0.717) is 23.0 Å². The molecule has 0 saturated carbocycles. The first-order chi connectivity index (χ1) is 14.5. The first kappa shape index (κ1) is 20.7. The summed E-state index contributed by atoms with van der Waals surface area (Å²) in [6.07, 6.45) is 3.38. The van der Waals surface area contributed by atoms with Crippen molar-refractivity contribution in [2.45, 2.75) is 45.8 Å². The number of hydrogen-bond acceptors (Lipinski definition) is 4. The Morgan fingerprint density at radius 3 is 2.57 bits per heavy atom. The summed E-state index contributed by atoms with van der Waals surface area (Å²) >= 11 is 6.68. The van der Waals surface area contributed by atoms with Crippen molar-refractivity contribution in [1.82, 2.24) is 20.0 Å². The molecule has 3 aromatic rings. The van der Waals surface area contributed by atoms with E-state index in [2.05, 4.69) is 27.4 Å². The van der Waals surface area contributed by atoms with Gasteiger partial charge in [0.2, 0.25) is 0 Å². The summed E-state index contributed by atoms with van der Waals surface area (Å²) in [4.78, 5) is 14.8. The van der Waals surface area contributed by atoms with Gasteiger partial charge in [-0.25, -0.2) is 4.68 Å². The second kappa shape index (κ2) is 9.06. The van der Waals surface area contributed by atoms with Crippen molar-refractivity contribution in [2.24, 2.45) is 0 Å². The number of likely N-dealkylation sites (tertiary alicyclic amines) is 1. The van der Waals surface area contributed by atoms with Gasteiger partial charge in [-0.2, -0.15) is 5.10 Å². The molecule has 7 heteroatoms. The Morgan fingerprint density at radius 1 is 1.17 bits per heavy atom. The zero-order valence-corrected chi connectivity index (χ0v) is 18.2. The fraction of sp³-hybridized carbons (Fsp3) is 0.391. The maximum absolute atomic E-state index is 12.4. The molecule has 1 aromatic carbocycles. The summed E-state index contributed by atoms with van der Waals surface area (Å²) in [5.41, 5.74) is 3.86. The van der Waals surface area contributed by atoms with Crippen LogP contribution in [-0.4, -0.2) is 39.7 Å². The summed E-state index contributed by atoms with van der Waals surface area (Å²) in [6.45, 7) is 7.09. The number of carbonyl (C=O) groups is 1. The van der Waals surface area contributed by atoms with Gasteiger partial charge in [0, 0.05) is 31.2 Å². The van der Waals surface area contributed by atoms with E-state index in [9.17, 15) is 4.79 Å². The average Bonchev–Trinajstić information content (AvgIpc) is 3.28. The van der Waals surface area contributed by atoms with Crippen molar-refractivity contribution in [3.8, 4) is 0 Å². The predicted molar refractivity (Wildman–Crippen MR) is 117 cm³/mol. The van der Waals surface area contributed by atoms with Gasteiger partial charge in [-0.15, -0.1) is 0 Å². The number of rotatable bonds is 6. The molecule has 0 atom stereocenters. The van der Waals surface area contributed by atoms with Gasteiger partial charge >= 0.3 is 0 Å². The molecule has 1 aliphatic heterocycles. The lowest BCUT2D eigenvalue weighted by Crippen LogP contribution is -2.44. The van der Waals surface area contributed by atoms with Crippen molar-refractivity contribution < 1.29 is 9.21 Å². The zero-order valence-electron chi connectivity index (χ0n) is 17.4. The first-order valence-electron chi connectivity index (χ1n) is 10.3. The number of piperidine rings is 1. The van der Waals surface area contributed by atoms with Gasteiger partial charge in [-0.1, -0.05) is 41.9 Å². The highest BCUT2D eigenvalue weighted by atomic mass is 35.5. The Kier molecular flexibility index (Phi) is 6.25. The number of furan rings is 1. The smallest absolute Gasteiger partial charge is 0.255 e. The van der Waals surface area contributed by atoms with Crippen molar-refractivity contribution >= 4 is 17.5 Å². The molecule has 0 bridgehead atoms. The van der Waals surface area contributed by atoms with Crippen molar-refractivity contribution in [2.75, 3.05) is 13.1 Å². The number of amides is 1. The Balaban J connectivity index is 1.33. The van der Waals surface area contributed by atoms with Crippen molar-refractivity contribution in [3.63, 3.8) is 0 Å². The molecule has 3 heterocycles. The highest BCUT2D eigenvalue weighted by Gasteiger charge is 2.24. The van der Waals surface area contributed by atoms with Crippen molar-refractivity contribution in [1.29, 1.82) is 0 Å². The van der Waals surface area contributed by atoms with Gasteiger partial charge < -0.3 is 9.73 Å². The van der Waals surface area contributed by atoms with Crippen LogP contribution in [0, 0.1) is 13.8 Å². The molecule has 1 N–H and O–H groups in total. The quantitative estimate of drug-likeness (QED) is 0.642. The minimum Gasteiger partial charge on any atom is -0.469 e. The summed E-state index contributed by atoms with van der Waals surface area (Å²) in [7, 11) is 0. The second-order valence-corrected chi connectivity index (χ2v) is 8.27. The molecular weight excluding hydrogens is 400 g/mol. The molecule has 0 radical (unpaired) electrons. The van der Waals surface area contributed by atoms with Crippen LogP contribution in [0.3, 0.4) is 0 Å². The number of nitrogens with zero attached hydrogens (tertiary/aromatic N) is 3. The zero-order chi connectivity index (χ0) is 21.1. The molecule has 2 aromatic heterocycles. The van der Waals surface area contributed by atoms with Crippen molar-refractivity contribution in [3.05, 3.63) is 76.0 Å².